The molecule has 0 saturated carbocycles. The van der Waals surface area contributed by atoms with Gasteiger partial charge in [-0.05, 0) is 45.0 Å². The summed E-state index contributed by atoms with van der Waals surface area (Å²) in [6.07, 6.45) is -0.483. The number of carbonyl (C=O) groups excluding carboxylic acids is 1. The first-order valence-electron chi connectivity index (χ1n) is 8.24. The van der Waals surface area contributed by atoms with Crippen molar-refractivity contribution in [1.82, 2.24) is 10.4 Å². The molecule has 0 fully saturated rings. The van der Waals surface area contributed by atoms with Gasteiger partial charge in [-0.3, -0.25) is 9.65 Å². The number of alkyl carbamates (subject to hydrolysis) is 1. The molecule has 2 rings (SSSR count). The van der Waals surface area contributed by atoms with Gasteiger partial charge in [-0.2, -0.15) is 0 Å². The van der Waals surface area contributed by atoms with Gasteiger partial charge in [0.25, 0.3) is 0 Å². The molecule has 5 nitrogen and oxygen atoms in total. The molecule has 0 saturated heterocycles. The average molecular weight is 360 g/mol. The largest absolute Gasteiger partial charge is 0.444 e. The topological polar surface area (TPSA) is 67.4 Å². The van der Waals surface area contributed by atoms with Gasteiger partial charge in [0.2, 0.25) is 7.29 Å². The van der Waals surface area contributed by atoms with Gasteiger partial charge in [0.15, 0.2) is 0 Å². The molecule has 2 N–H and O–H groups in total. The minimum atomic E-state index is -2.97. The smallest absolute Gasteiger partial charge is 0.407 e. The van der Waals surface area contributed by atoms with E-state index >= 15 is 0 Å². The van der Waals surface area contributed by atoms with Gasteiger partial charge in [0.1, 0.15) is 5.60 Å². The Bertz CT molecular complexity index is 684. The van der Waals surface area contributed by atoms with E-state index < -0.39 is 19.0 Å². The van der Waals surface area contributed by atoms with Gasteiger partial charge < -0.3 is 10.1 Å². The monoisotopic (exact) mass is 360 g/mol. The maximum atomic E-state index is 13.6. The summed E-state index contributed by atoms with van der Waals surface area (Å²) >= 11 is 0. The first-order valence-corrected chi connectivity index (χ1v) is 9.95. The summed E-state index contributed by atoms with van der Waals surface area (Å²) in [4.78, 5) is 11.7. The van der Waals surface area contributed by atoms with Crippen LogP contribution < -0.4 is 21.0 Å². The van der Waals surface area contributed by atoms with Crippen LogP contribution in [0.3, 0.4) is 0 Å². The van der Waals surface area contributed by atoms with Crippen LogP contribution in [0.2, 0.25) is 0 Å². The van der Waals surface area contributed by atoms with Crippen molar-refractivity contribution in [2.24, 2.45) is 0 Å². The highest BCUT2D eigenvalue weighted by molar-refractivity contribution is 7.76. The van der Waals surface area contributed by atoms with E-state index in [1.54, 1.807) is 0 Å². The van der Waals surface area contributed by atoms with Gasteiger partial charge in [0.05, 0.1) is 0 Å². The fourth-order valence-electron chi connectivity index (χ4n) is 2.30. The van der Waals surface area contributed by atoms with Crippen LogP contribution in [-0.2, 0) is 9.30 Å². The summed E-state index contributed by atoms with van der Waals surface area (Å²) in [6, 6.07) is 18.6. The molecule has 0 aliphatic carbocycles. The highest BCUT2D eigenvalue weighted by Gasteiger charge is 2.26. The molecular weight excluding hydrogens is 335 g/mol. The van der Waals surface area contributed by atoms with Gasteiger partial charge >= 0.3 is 6.09 Å². The molecule has 134 valence electrons. The van der Waals surface area contributed by atoms with E-state index in [0.717, 1.165) is 10.6 Å². The molecule has 0 bridgehead atoms. The van der Waals surface area contributed by atoms with E-state index in [4.69, 9.17) is 4.74 Å². The van der Waals surface area contributed by atoms with E-state index in [1.165, 1.54) is 0 Å². The molecule has 2 aromatic rings. The second kappa shape index (κ2) is 8.32. The van der Waals surface area contributed by atoms with Crippen LogP contribution in [0.4, 0.5) is 4.79 Å². The lowest BCUT2D eigenvalue weighted by Gasteiger charge is -2.22. The van der Waals surface area contributed by atoms with Gasteiger partial charge in [0, 0.05) is 23.7 Å². The summed E-state index contributed by atoms with van der Waals surface area (Å²) in [5.41, 5.74) is -0.541. The zero-order chi connectivity index (χ0) is 18.3. The van der Waals surface area contributed by atoms with Crippen molar-refractivity contribution < 1.29 is 14.1 Å². The summed E-state index contributed by atoms with van der Waals surface area (Å²) < 4.78 is 18.8. The molecule has 0 spiro atoms. The lowest BCUT2D eigenvalue weighted by atomic mass is 10.2. The van der Waals surface area contributed by atoms with Gasteiger partial charge in [-0.1, -0.05) is 36.4 Å². The second-order valence-corrected chi connectivity index (χ2v) is 9.18. The molecule has 0 atom stereocenters. The molecule has 6 heteroatoms. The van der Waals surface area contributed by atoms with Crippen molar-refractivity contribution >= 4 is 24.0 Å². The maximum Gasteiger partial charge on any atom is 0.407 e. The lowest BCUT2D eigenvalue weighted by molar-refractivity contribution is 0.0529. The zero-order valence-corrected chi connectivity index (χ0v) is 15.8. The Labute approximate surface area is 149 Å². The molecule has 0 aliphatic heterocycles. The van der Waals surface area contributed by atoms with Gasteiger partial charge in [-0.25, -0.2) is 4.79 Å². The number of hydrogen-bond acceptors (Lipinski definition) is 3. The number of hydrogen-bond donors (Lipinski definition) is 2. The highest BCUT2D eigenvalue weighted by atomic mass is 31.2. The normalized spacial score (nSPS) is 11.8. The predicted molar refractivity (Wildman–Crippen MR) is 102 cm³/mol. The quantitative estimate of drug-likeness (QED) is 0.614. The first-order chi connectivity index (χ1) is 11.8. The molecule has 2 aromatic carbocycles. The minimum absolute atomic E-state index is 0.318. The van der Waals surface area contributed by atoms with Crippen LogP contribution in [-0.4, -0.2) is 24.8 Å². The number of carbonyl (C=O) groups is 1. The van der Waals surface area contributed by atoms with Crippen LogP contribution in [0.25, 0.3) is 0 Å². The molecule has 0 unspecified atom stereocenters. The van der Waals surface area contributed by atoms with Crippen LogP contribution in [0.15, 0.2) is 60.7 Å². The maximum absolute atomic E-state index is 13.6. The molecule has 0 aromatic heterocycles. The third-order valence-corrected chi connectivity index (χ3v) is 6.09. The van der Waals surface area contributed by atoms with E-state index in [0.29, 0.717) is 13.1 Å². The highest BCUT2D eigenvalue weighted by Crippen LogP contribution is 2.38. The Hall–Kier alpha value is -2.10. The summed E-state index contributed by atoms with van der Waals surface area (Å²) in [5.74, 6) is 0. The molecule has 1 amide bonds. The summed E-state index contributed by atoms with van der Waals surface area (Å²) in [7, 11) is -2.97. The van der Waals surface area contributed by atoms with Crippen LogP contribution in [0, 0.1) is 0 Å². The average Bonchev–Trinajstić information content (AvgIpc) is 2.58. The Balaban J connectivity index is 2.04. The fourth-order valence-corrected chi connectivity index (χ4v) is 4.57. The Morgan fingerprint density at radius 2 is 1.40 bits per heavy atom. The fraction of sp³-hybridized carbons (Fsp3) is 0.316. The molecule has 0 radical (unpaired) electrons. The number of nitrogens with one attached hydrogen (secondary N) is 2. The van der Waals surface area contributed by atoms with Crippen LogP contribution in [0.5, 0.6) is 0 Å². The minimum Gasteiger partial charge on any atom is -0.444 e. The van der Waals surface area contributed by atoms with Gasteiger partial charge in [-0.15, -0.1) is 0 Å². The van der Waals surface area contributed by atoms with E-state index in [2.05, 4.69) is 10.4 Å². The van der Waals surface area contributed by atoms with E-state index in [-0.39, 0.29) is 0 Å². The Morgan fingerprint density at radius 3 is 1.84 bits per heavy atom. The van der Waals surface area contributed by atoms with Crippen molar-refractivity contribution in [2.75, 3.05) is 13.1 Å². The third-order valence-electron chi connectivity index (χ3n) is 3.37. The number of amides is 1. The van der Waals surface area contributed by atoms with Crippen LogP contribution in [0.1, 0.15) is 20.8 Å². The van der Waals surface area contributed by atoms with Crippen molar-refractivity contribution in [1.29, 1.82) is 0 Å². The van der Waals surface area contributed by atoms with Crippen molar-refractivity contribution in [3.63, 3.8) is 0 Å². The SMILES string of the molecule is CC(C)(C)OC(=O)NCCNP(=O)(c1ccccc1)c1ccccc1. The lowest BCUT2D eigenvalue weighted by Crippen LogP contribution is -2.37. The van der Waals surface area contributed by atoms with E-state index in [1.807, 2.05) is 81.4 Å². The Morgan fingerprint density at radius 1 is 0.920 bits per heavy atom. The number of ether oxygens (including phenoxy) is 1. The van der Waals surface area contributed by atoms with E-state index in [9.17, 15) is 9.36 Å². The summed E-state index contributed by atoms with van der Waals surface area (Å²) in [5, 5.41) is 7.27. The second-order valence-electron chi connectivity index (χ2n) is 6.62. The summed E-state index contributed by atoms with van der Waals surface area (Å²) in [6.45, 7) is 6.11. The van der Waals surface area contributed by atoms with Crippen molar-refractivity contribution in [3.05, 3.63) is 60.7 Å². The molecular formula is C19H25N2O3P. The molecule has 25 heavy (non-hydrogen) atoms. The predicted octanol–water partition coefficient (Wildman–Crippen LogP) is 3.03. The molecule has 0 heterocycles. The van der Waals surface area contributed by atoms with Crippen LogP contribution >= 0.6 is 7.29 Å². The number of rotatable bonds is 6. The van der Waals surface area contributed by atoms with Crippen molar-refractivity contribution in [2.45, 2.75) is 26.4 Å². The zero-order valence-electron chi connectivity index (χ0n) is 14.9. The standard InChI is InChI=1S/C19H25N2O3P/c1-19(2,3)24-18(22)20-14-15-21-25(23,16-10-6-4-7-11-16)17-12-8-5-9-13-17/h4-13H,14-15H2,1-3H3,(H,20,22)(H,21,23). The third kappa shape index (κ3) is 5.73. The Kier molecular flexibility index (Phi) is 6.40. The molecule has 0 aliphatic rings. The van der Waals surface area contributed by atoms with Crippen molar-refractivity contribution in [3.8, 4) is 0 Å². The number of benzene rings is 2. The first kappa shape index (κ1) is 19.2.